The third kappa shape index (κ3) is 44.3. The van der Waals surface area contributed by atoms with Gasteiger partial charge in [-0.05, 0) is 82.9 Å². The van der Waals surface area contributed by atoms with Gasteiger partial charge in [0.15, 0.2) is 0 Å². The molecule has 0 heterocycles. The van der Waals surface area contributed by atoms with Crippen LogP contribution in [0, 0.1) is 0 Å². The summed E-state index contributed by atoms with van der Waals surface area (Å²) in [4.78, 5) is 2.47. The third-order valence-corrected chi connectivity index (χ3v) is 11.5. The van der Waals surface area contributed by atoms with Crippen molar-refractivity contribution in [1.82, 2.24) is 4.90 Å². The summed E-state index contributed by atoms with van der Waals surface area (Å²) in [7, 11) is 1.89. The molecule has 0 atom stereocenters. The molecule has 0 unspecified atom stereocenters. The van der Waals surface area contributed by atoms with Gasteiger partial charge in [0.25, 0.3) is 0 Å². The maximum atomic E-state index is 9.38. The lowest BCUT2D eigenvalue weighted by molar-refractivity contribution is 0.0831. The maximum absolute atomic E-state index is 9.38. The molecule has 2 rings (SSSR count). The van der Waals surface area contributed by atoms with Crippen LogP contribution in [0.3, 0.4) is 0 Å². The van der Waals surface area contributed by atoms with Crippen molar-refractivity contribution in [2.75, 3.05) is 40.0 Å². The van der Waals surface area contributed by atoms with E-state index in [1.54, 1.807) is 5.57 Å². The van der Waals surface area contributed by atoms with Crippen LogP contribution in [-0.2, 0) is 9.47 Å². The van der Waals surface area contributed by atoms with Gasteiger partial charge in [0.1, 0.15) is 0 Å². The van der Waals surface area contributed by atoms with Gasteiger partial charge in [-0.15, -0.1) is 6.58 Å². The summed E-state index contributed by atoms with van der Waals surface area (Å²) in [6.45, 7) is 15.0. The molecule has 4 heteroatoms. The average Bonchev–Trinajstić information content (AvgIpc) is 4.13. The Hall–Kier alpha value is -0.840. The topological polar surface area (TPSA) is 41.9 Å². The van der Waals surface area contributed by atoms with Crippen LogP contribution in [-0.4, -0.2) is 56.1 Å². The Labute approximate surface area is 353 Å². The van der Waals surface area contributed by atoms with Gasteiger partial charge in [0.2, 0.25) is 0 Å². The molecule has 56 heavy (non-hydrogen) atoms. The van der Waals surface area contributed by atoms with Crippen molar-refractivity contribution >= 4 is 0 Å². The summed E-state index contributed by atoms with van der Waals surface area (Å²) < 4.78 is 11.8. The van der Waals surface area contributed by atoms with E-state index in [0.29, 0.717) is 6.10 Å². The van der Waals surface area contributed by atoms with E-state index in [4.69, 9.17) is 9.47 Å². The van der Waals surface area contributed by atoms with E-state index < -0.39 is 0 Å². The number of aliphatic hydroxyl groups excluding tert-OH is 1. The second kappa shape index (κ2) is 46.8. The molecule has 0 bridgehead atoms. The van der Waals surface area contributed by atoms with Crippen LogP contribution in [0.15, 0.2) is 24.0 Å². The summed E-state index contributed by atoms with van der Waals surface area (Å²) >= 11 is 0. The van der Waals surface area contributed by atoms with Gasteiger partial charge < -0.3 is 19.5 Å². The van der Waals surface area contributed by atoms with E-state index >= 15 is 0 Å². The predicted molar refractivity (Wildman–Crippen MR) is 250 cm³/mol. The number of unbranched alkanes of at least 4 members (excludes halogenated alkanes) is 25. The van der Waals surface area contributed by atoms with Crippen LogP contribution in [0.1, 0.15) is 265 Å². The molecule has 1 N–H and O–H groups in total. The van der Waals surface area contributed by atoms with Gasteiger partial charge in [-0.3, -0.25) is 0 Å². The molecular weight excluding hydrogens is 687 g/mol. The lowest BCUT2D eigenvalue weighted by Gasteiger charge is -2.21. The Balaban J connectivity index is 0.00000115. The summed E-state index contributed by atoms with van der Waals surface area (Å²) in [5, 5.41) is 9.38. The second-order valence-corrected chi connectivity index (χ2v) is 17.5. The van der Waals surface area contributed by atoms with Crippen molar-refractivity contribution in [2.24, 2.45) is 0 Å². The molecule has 0 aromatic heterocycles. The molecule has 0 aromatic carbocycles. The van der Waals surface area contributed by atoms with Crippen LogP contribution in [0.4, 0.5) is 0 Å². The first-order valence-electron chi connectivity index (χ1n) is 25.5. The highest BCUT2D eigenvalue weighted by molar-refractivity contribution is 5.21. The summed E-state index contributed by atoms with van der Waals surface area (Å²) in [5.74, 6) is 1.35. The average molecular weight is 790 g/mol. The quantitative estimate of drug-likeness (QED) is 0.0380. The standard InChI is InChI=1S/C31H59NO2.C18H38O.C3H6/c1-3-5-7-9-11-15-19-25-32(27-28-33)26-20-16-13-14-18-22-31(30-23-24-30)34-29-21-17-12-10-8-6-4-2;1-4-6-8-10-12-14-16-18(19-3)17-15-13-11-9-7-5-2;1-2-3-1/h3,33H,1,4-29H2,2H3;18H,4-17H2,1-3H3;1-3H2. The number of rotatable bonds is 42. The van der Waals surface area contributed by atoms with E-state index in [1.165, 1.54) is 237 Å². The molecule has 0 saturated heterocycles. The minimum atomic E-state index is 0.287. The summed E-state index contributed by atoms with van der Waals surface area (Å²) in [6, 6.07) is 0. The zero-order valence-electron chi connectivity index (χ0n) is 39.0. The van der Waals surface area contributed by atoms with Crippen molar-refractivity contribution in [3.05, 3.63) is 24.0 Å². The molecule has 2 aliphatic carbocycles. The Kier molecular flexibility index (Phi) is 46.1. The van der Waals surface area contributed by atoms with Crippen molar-refractivity contribution in [3.63, 3.8) is 0 Å². The van der Waals surface area contributed by atoms with E-state index in [9.17, 15) is 5.11 Å². The van der Waals surface area contributed by atoms with Crippen LogP contribution in [0.2, 0.25) is 0 Å². The van der Waals surface area contributed by atoms with E-state index in [-0.39, 0.29) is 6.61 Å². The minimum Gasteiger partial charge on any atom is -0.498 e. The summed E-state index contributed by atoms with van der Waals surface area (Å²) in [6.07, 6.45) is 53.7. The number of aliphatic hydroxyl groups is 1. The first-order valence-corrected chi connectivity index (χ1v) is 25.5. The summed E-state index contributed by atoms with van der Waals surface area (Å²) in [5.41, 5.74) is 1.60. The lowest BCUT2D eigenvalue weighted by atomic mass is 10.0. The number of methoxy groups -OCH3 is 1. The highest BCUT2D eigenvalue weighted by atomic mass is 16.5. The number of hydrogen-bond acceptors (Lipinski definition) is 4. The predicted octanol–water partition coefficient (Wildman–Crippen LogP) is 16.6. The fourth-order valence-electron chi connectivity index (χ4n) is 7.41. The molecular formula is C52H103NO3. The first-order chi connectivity index (χ1) is 27.7. The van der Waals surface area contributed by atoms with Crippen LogP contribution < -0.4 is 0 Å². The van der Waals surface area contributed by atoms with Gasteiger partial charge in [-0.25, -0.2) is 0 Å². The van der Waals surface area contributed by atoms with Gasteiger partial charge in [-0.1, -0.05) is 200 Å². The second-order valence-electron chi connectivity index (χ2n) is 17.5. The van der Waals surface area contributed by atoms with Gasteiger partial charge in [0.05, 0.1) is 25.1 Å². The lowest BCUT2D eigenvalue weighted by Crippen LogP contribution is -2.29. The molecule has 0 aliphatic heterocycles. The first kappa shape index (κ1) is 55.2. The minimum absolute atomic E-state index is 0.287. The Morgan fingerprint density at radius 1 is 0.571 bits per heavy atom. The van der Waals surface area contributed by atoms with Gasteiger partial charge in [-0.2, -0.15) is 0 Å². The Morgan fingerprint density at radius 2 is 1.00 bits per heavy atom. The van der Waals surface area contributed by atoms with Crippen LogP contribution in [0.25, 0.3) is 0 Å². The molecule has 2 fully saturated rings. The normalized spacial score (nSPS) is 13.0. The fourth-order valence-corrected chi connectivity index (χ4v) is 7.41. The smallest absolute Gasteiger partial charge is 0.0951 e. The van der Waals surface area contributed by atoms with Crippen LogP contribution >= 0.6 is 0 Å². The molecule has 0 radical (unpaired) electrons. The van der Waals surface area contributed by atoms with Crippen molar-refractivity contribution in [1.29, 1.82) is 0 Å². The third-order valence-electron chi connectivity index (χ3n) is 11.5. The monoisotopic (exact) mass is 790 g/mol. The Bertz CT molecular complexity index is 770. The highest BCUT2D eigenvalue weighted by Gasteiger charge is 2.18. The van der Waals surface area contributed by atoms with Crippen molar-refractivity contribution < 1.29 is 14.6 Å². The number of ether oxygens (including phenoxy) is 2. The number of hydrogen-bond donors (Lipinski definition) is 1. The number of allylic oxidation sites excluding steroid dienone is 3. The molecule has 0 aromatic rings. The largest absolute Gasteiger partial charge is 0.498 e. The van der Waals surface area contributed by atoms with Crippen molar-refractivity contribution in [2.45, 2.75) is 271 Å². The molecule has 0 amide bonds. The van der Waals surface area contributed by atoms with Gasteiger partial charge >= 0.3 is 0 Å². The zero-order chi connectivity index (χ0) is 40.8. The SMILES string of the molecule is C1CC1.C=CCCCCCCCN(CCO)CCCCCCCC(OCCCCCCCCC)=C1CC1.CCCCCCCCC(CCCCCCCC)OC. The molecule has 2 aliphatic rings. The molecule has 334 valence electrons. The van der Waals surface area contributed by atoms with E-state index in [2.05, 4.69) is 32.3 Å². The Morgan fingerprint density at radius 3 is 1.43 bits per heavy atom. The van der Waals surface area contributed by atoms with E-state index in [1.807, 2.05) is 13.2 Å². The zero-order valence-corrected chi connectivity index (χ0v) is 39.0. The van der Waals surface area contributed by atoms with Gasteiger partial charge in [0, 0.05) is 20.1 Å². The molecule has 0 spiro atoms. The number of nitrogens with zero attached hydrogens (tertiary/aromatic N) is 1. The van der Waals surface area contributed by atoms with Crippen molar-refractivity contribution in [3.8, 4) is 0 Å². The highest BCUT2D eigenvalue weighted by Crippen LogP contribution is 2.34. The molecule has 2 saturated carbocycles. The fraction of sp³-hybridized carbons (Fsp3) is 0.923. The van der Waals surface area contributed by atoms with Crippen LogP contribution in [0.5, 0.6) is 0 Å². The van der Waals surface area contributed by atoms with E-state index in [0.717, 1.165) is 39.1 Å². The molecule has 4 nitrogen and oxygen atoms in total. The maximum Gasteiger partial charge on any atom is 0.0951 e.